The number of rotatable bonds is 6. The van der Waals surface area contributed by atoms with Gasteiger partial charge in [0.25, 0.3) is 5.91 Å². The molecule has 2 amide bonds. The molecule has 1 heterocycles. The van der Waals surface area contributed by atoms with Gasteiger partial charge in [0.1, 0.15) is 5.54 Å². The van der Waals surface area contributed by atoms with Gasteiger partial charge < -0.3 is 14.8 Å². The van der Waals surface area contributed by atoms with Gasteiger partial charge in [-0.2, -0.15) is 0 Å². The standard InChI is InChI=1S/C25H30N2O4/c1-3-25(2,24(29)26-19-10-6-4-7-11-19)27(20-12-8-5-9-13-20)23(28)18-14-15-21-22(16-18)31-17-30-21/h5,8-9,12-16,19H,3-4,6-7,10-11,17H2,1-2H3,(H,26,29). The minimum Gasteiger partial charge on any atom is -0.454 e. The van der Waals surface area contributed by atoms with E-state index >= 15 is 0 Å². The van der Waals surface area contributed by atoms with Crippen molar-refractivity contribution in [1.29, 1.82) is 0 Å². The Hall–Kier alpha value is -3.02. The molecular weight excluding hydrogens is 392 g/mol. The van der Waals surface area contributed by atoms with Crippen molar-refractivity contribution in [2.75, 3.05) is 11.7 Å². The molecule has 1 aliphatic heterocycles. The maximum Gasteiger partial charge on any atom is 0.259 e. The highest BCUT2D eigenvalue weighted by atomic mass is 16.7. The number of nitrogens with zero attached hydrogens (tertiary/aromatic N) is 1. The third kappa shape index (κ3) is 4.24. The van der Waals surface area contributed by atoms with Crippen molar-refractivity contribution in [2.45, 2.75) is 64.0 Å². The first-order chi connectivity index (χ1) is 15.0. The van der Waals surface area contributed by atoms with Gasteiger partial charge in [-0.15, -0.1) is 0 Å². The second-order valence-electron chi connectivity index (χ2n) is 8.48. The average Bonchev–Trinajstić information content (AvgIpc) is 3.28. The Morgan fingerprint density at radius 2 is 1.74 bits per heavy atom. The molecule has 6 nitrogen and oxygen atoms in total. The van der Waals surface area contributed by atoms with E-state index in [0.717, 1.165) is 25.7 Å². The van der Waals surface area contributed by atoms with E-state index in [1.807, 2.05) is 44.2 Å². The van der Waals surface area contributed by atoms with Gasteiger partial charge in [-0.05, 0) is 56.5 Å². The second kappa shape index (κ2) is 9.00. The van der Waals surface area contributed by atoms with Crippen LogP contribution in [0.15, 0.2) is 48.5 Å². The topological polar surface area (TPSA) is 67.9 Å². The van der Waals surface area contributed by atoms with Crippen molar-refractivity contribution in [2.24, 2.45) is 0 Å². The van der Waals surface area contributed by atoms with Gasteiger partial charge >= 0.3 is 0 Å². The number of carbonyl (C=O) groups is 2. The summed E-state index contributed by atoms with van der Waals surface area (Å²) in [7, 11) is 0. The summed E-state index contributed by atoms with van der Waals surface area (Å²) >= 11 is 0. The largest absolute Gasteiger partial charge is 0.454 e. The molecule has 1 saturated carbocycles. The molecule has 4 rings (SSSR count). The smallest absolute Gasteiger partial charge is 0.259 e. The highest BCUT2D eigenvalue weighted by Gasteiger charge is 2.43. The lowest BCUT2D eigenvalue weighted by Crippen LogP contribution is -2.60. The summed E-state index contributed by atoms with van der Waals surface area (Å²) in [4.78, 5) is 29.0. The van der Waals surface area contributed by atoms with Gasteiger partial charge in [-0.25, -0.2) is 0 Å². The molecule has 0 aromatic heterocycles. The first-order valence-corrected chi connectivity index (χ1v) is 11.1. The van der Waals surface area contributed by atoms with E-state index in [9.17, 15) is 9.59 Å². The van der Waals surface area contributed by atoms with Crippen LogP contribution in [0.25, 0.3) is 0 Å². The summed E-state index contributed by atoms with van der Waals surface area (Å²) in [6, 6.07) is 14.7. The summed E-state index contributed by atoms with van der Waals surface area (Å²) in [6.45, 7) is 3.94. The molecule has 164 valence electrons. The number of amides is 2. The fourth-order valence-corrected chi connectivity index (χ4v) is 4.37. The minimum atomic E-state index is -1.04. The zero-order valence-corrected chi connectivity index (χ0v) is 18.2. The molecule has 1 unspecified atom stereocenters. The number of hydrogen-bond donors (Lipinski definition) is 1. The van der Waals surface area contributed by atoms with Crippen LogP contribution >= 0.6 is 0 Å². The Morgan fingerprint density at radius 1 is 1.03 bits per heavy atom. The summed E-state index contributed by atoms with van der Waals surface area (Å²) < 4.78 is 10.8. The lowest BCUT2D eigenvalue weighted by atomic mass is 9.90. The van der Waals surface area contributed by atoms with Crippen molar-refractivity contribution in [1.82, 2.24) is 5.32 Å². The van der Waals surface area contributed by atoms with Crippen LogP contribution in [0.1, 0.15) is 62.7 Å². The van der Waals surface area contributed by atoms with Crippen LogP contribution in [0.4, 0.5) is 5.69 Å². The molecular formula is C25H30N2O4. The van der Waals surface area contributed by atoms with Crippen molar-refractivity contribution >= 4 is 17.5 Å². The van der Waals surface area contributed by atoms with Gasteiger partial charge in [0.15, 0.2) is 11.5 Å². The van der Waals surface area contributed by atoms with Crippen LogP contribution in [0, 0.1) is 0 Å². The normalized spacial score (nSPS) is 17.6. The third-order valence-electron chi connectivity index (χ3n) is 6.45. The molecule has 0 bridgehead atoms. The first-order valence-electron chi connectivity index (χ1n) is 11.1. The van der Waals surface area contributed by atoms with Crippen molar-refractivity contribution < 1.29 is 19.1 Å². The molecule has 31 heavy (non-hydrogen) atoms. The van der Waals surface area contributed by atoms with Crippen molar-refractivity contribution in [3.8, 4) is 11.5 Å². The Morgan fingerprint density at radius 3 is 2.45 bits per heavy atom. The molecule has 1 N–H and O–H groups in total. The quantitative estimate of drug-likeness (QED) is 0.734. The lowest BCUT2D eigenvalue weighted by molar-refractivity contribution is -0.126. The molecule has 1 aliphatic carbocycles. The number of carbonyl (C=O) groups excluding carboxylic acids is 2. The summed E-state index contributed by atoms with van der Waals surface area (Å²) in [5.41, 5.74) is 0.109. The molecule has 6 heteroatoms. The molecule has 0 radical (unpaired) electrons. The van der Waals surface area contributed by atoms with Gasteiger partial charge in [0.2, 0.25) is 12.7 Å². The van der Waals surface area contributed by atoms with Crippen molar-refractivity contribution in [3.05, 3.63) is 54.1 Å². The van der Waals surface area contributed by atoms with E-state index in [1.165, 1.54) is 6.42 Å². The molecule has 2 aromatic rings. The average molecular weight is 423 g/mol. The van der Waals surface area contributed by atoms with Gasteiger partial charge in [0.05, 0.1) is 0 Å². The molecule has 1 atom stereocenters. The van der Waals surface area contributed by atoms with Crippen LogP contribution < -0.4 is 19.7 Å². The SMILES string of the molecule is CCC(C)(C(=O)NC1CCCCC1)N(C(=O)c1ccc2c(c1)OCO2)c1ccccc1. The van der Waals surface area contributed by atoms with E-state index in [0.29, 0.717) is 29.2 Å². The second-order valence-corrected chi connectivity index (χ2v) is 8.48. The fourth-order valence-electron chi connectivity index (χ4n) is 4.37. The predicted molar refractivity (Wildman–Crippen MR) is 120 cm³/mol. The van der Waals surface area contributed by atoms with Crippen LogP contribution in [0.3, 0.4) is 0 Å². The summed E-state index contributed by atoms with van der Waals surface area (Å²) in [6.07, 6.45) is 5.95. The first kappa shape index (κ1) is 21.2. The highest BCUT2D eigenvalue weighted by Crippen LogP contribution is 2.35. The Balaban J connectivity index is 1.69. The van der Waals surface area contributed by atoms with Crippen molar-refractivity contribution in [3.63, 3.8) is 0 Å². The zero-order valence-electron chi connectivity index (χ0n) is 18.2. The fraction of sp³-hybridized carbons (Fsp3) is 0.440. The Labute approximate surface area is 183 Å². The van der Waals surface area contributed by atoms with Crippen LogP contribution in [-0.4, -0.2) is 30.2 Å². The molecule has 0 spiro atoms. The molecule has 1 fully saturated rings. The third-order valence-corrected chi connectivity index (χ3v) is 6.45. The number of benzene rings is 2. The number of ether oxygens (including phenoxy) is 2. The van der Waals surface area contributed by atoms with Crippen LogP contribution in [-0.2, 0) is 4.79 Å². The van der Waals surface area contributed by atoms with Crippen LogP contribution in [0.5, 0.6) is 11.5 Å². The van der Waals surface area contributed by atoms with Gasteiger partial charge in [0, 0.05) is 17.3 Å². The van der Waals surface area contributed by atoms with Crippen LogP contribution in [0.2, 0.25) is 0 Å². The number of anilines is 1. The Kier molecular flexibility index (Phi) is 6.16. The van der Waals surface area contributed by atoms with E-state index in [1.54, 1.807) is 23.1 Å². The van der Waals surface area contributed by atoms with Gasteiger partial charge in [-0.3, -0.25) is 14.5 Å². The number of para-hydroxylation sites is 1. The van der Waals surface area contributed by atoms with E-state index < -0.39 is 5.54 Å². The number of hydrogen-bond acceptors (Lipinski definition) is 4. The predicted octanol–water partition coefficient (Wildman–Crippen LogP) is 4.68. The monoisotopic (exact) mass is 422 g/mol. The Bertz CT molecular complexity index is 940. The van der Waals surface area contributed by atoms with E-state index in [-0.39, 0.29) is 24.6 Å². The zero-order chi connectivity index (χ0) is 21.8. The lowest BCUT2D eigenvalue weighted by Gasteiger charge is -2.41. The molecule has 0 saturated heterocycles. The molecule has 2 aliphatic rings. The maximum absolute atomic E-state index is 13.8. The van der Waals surface area contributed by atoms with E-state index in [2.05, 4.69) is 5.32 Å². The number of nitrogens with one attached hydrogen (secondary N) is 1. The summed E-state index contributed by atoms with van der Waals surface area (Å²) in [5, 5.41) is 3.23. The number of fused-ring (bicyclic) bond motifs is 1. The maximum atomic E-state index is 13.8. The summed E-state index contributed by atoms with van der Waals surface area (Å²) in [5.74, 6) is 0.812. The highest BCUT2D eigenvalue weighted by molar-refractivity contribution is 6.11. The minimum absolute atomic E-state index is 0.111. The van der Waals surface area contributed by atoms with Gasteiger partial charge in [-0.1, -0.05) is 44.4 Å². The molecule has 2 aromatic carbocycles. The van der Waals surface area contributed by atoms with E-state index in [4.69, 9.17) is 9.47 Å².